The summed E-state index contributed by atoms with van der Waals surface area (Å²) in [6.45, 7) is 7.79. The van der Waals surface area contributed by atoms with Gasteiger partial charge in [-0.1, -0.05) is 68.5 Å². The first-order valence-electron chi connectivity index (χ1n) is 12.8. The van der Waals surface area contributed by atoms with Crippen LogP contribution >= 0.6 is 23.6 Å². The first-order valence-corrected chi connectivity index (χ1v) is 14.1. The van der Waals surface area contributed by atoms with Crippen LogP contribution in [0.1, 0.15) is 53.9 Å². The number of hydrogen-bond donors (Lipinski definition) is 1. The van der Waals surface area contributed by atoms with E-state index in [1.165, 1.54) is 4.88 Å². The van der Waals surface area contributed by atoms with Crippen molar-refractivity contribution in [3.63, 3.8) is 0 Å². The Kier molecular flexibility index (Phi) is 7.40. The molecule has 3 aromatic rings. The van der Waals surface area contributed by atoms with Gasteiger partial charge in [-0.15, -0.1) is 11.3 Å². The van der Waals surface area contributed by atoms with E-state index in [2.05, 4.69) is 34.6 Å². The molecule has 2 atom stereocenters. The predicted molar refractivity (Wildman–Crippen MR) is 151 cm³/mol. The fraction of sp³-hybridized carbons (Fsp3) is 0.379. The van der Waals surface area contributed by atoms with Crippen molar-refractivity contribution in [1.29, 1.82) is 0 Å². The van der Waals surface area contributed by atoms with Crippen LogP contribution < -0.4 is 5.32 Å². The number of thiocarbonyl (C=S) groups is 1. The summed E-state index contributed by atoms with van der Waals surface area (Å²) >= 11 is 7.44. The largest absolute Gasteiger partial charge is 0.374 e. The van der Waals surface area contributed by atoms with Crippen molar-refractivity contribution in [2.45, 2.75) is 58.8 Å². The molecule has 0 spiro atoms. The highest BCUT2D eigenvalue weighted by Gasteiger charge is 2.43. The molecule has 2 aromatic carbocycles. The van der Waals surface area contributed by atoms with Crippen LogP contribution in [-0.2, 0) is 17.9 Å². The molecule has 0 aliphatic carbocycles. The summed E-state index contributed by atoms with van der Waals surface area (Å²) in [6, 6.07) is 15.4. The smallest absolute Gasteiger partial charge is 0.255 e. The predicted octanol–water partition coefficient (Wildman–Crippen LogP) is 5.21. The molecule has 0 radical (unpaired) electrons. The van der Waals surface area contributed by atoms with E-state index in [-0.39, 0.29) is 23.8 Å². The van der Waals surface area contributed by atoms with Gasteiger partial charge in [0.1, 0.15) is 6.04 Å². The summed E-state index contributed by atoms with van der Waals surface area (Å²) in [5.41, 5.74) is 6.89. The lowest BCUT2D eigenvalue weighted by atomic mass is 10.0. The van der Waals surface area contributed by atoms with Gasteiger partial charge in [0, 0.05) is 25.2 Å². The molecule has 1 unspecified atom stereocenters. The minimum Gasteiger partial charge on any atom is -0.374 e. The molecule has 1 N–H and O–H groups in total. The average molecular weight is 533 g/mol. The maximum Gasteiger partial charge on any atom is 0.255 e. The van der Waals surface area contributed by atoms with Gasteiger partial charge in [-0.3, -0.25) is 9.59 Å². The number of benzene rings is 2. The monoisotopic (exact) mass is 532 g/mol. The molecule has 5 rings (SSSR count). The van der Waals surface area contributed by atoms with Gasteiger partial charge in [0.15, 0.2) is 0 Å². The van der Waals surface area contributed by atoms with Crippen LogP contribution in [0.3, 0.4) is 0 Å². The zero-order valence-electron chi connectivity index (χ0n) is 21.4. The third kappa shape index (κ3) is 5.05. The molecule has 2 amide bonds. The number of fused-ring (bicyclic) bond motifs is 1. The molecule has 0 bridgehead atoms. The first-order chi connectivity index (χ1) is 17.8. The molecule has 2 aliphatic heterocycles. The van der Waals surface area contributed by atoms with Gasteiger partial charge >= 0.3 is 0 Å². The molecule has 1 aromatic heterocycles. The van der Waals surface area contributed by atoms with Crippen molar-refractivity contribution in [2.75, 3.05) is 6.54 Å². The number of carbonyl (C=O) groups is 2. The maximum absolute atomic E-state index is 13.9. The Bertz CT molecular complexity index is 1320. The van der Waals surface area contributed by atoms with Crippen LogP contribution in [0.25, 0.3) is 10.4 Å². The Morgan fingerprint density at radius 3 is 2.62 bits per heavy atom. The minimum atomic E-state index is -0.508. The molecule has 1 saturated heterocycles. The molecule has 37 heavy (non-hydrogen) atoms. The van der Waals surface area contributed by atoms with E-state index < -0.39 is 6.04 Å². The molecule has 3 heterocycles. The Hall–Kier alpha value is -3.10. The summed E-state index contributed by atoms with van der Waals surface area (Å²) in [5.74, 6) is -0.0719. The highest BCUT2D eigenvalue weighted by Crippen LogP contribution is 2.30. The molecule has 192 valence electrons. The number of nitrogens with zero attached hydrogens (tertiary/aromatic N) is 3. The lowest BCUT2D eigenvalue weighted by Crippen LogP contribution is -2.55. The van der Waals surface area contributed by atoms with E-state index in [1.54, 1.807) is 16.2 Å². The van der Waals surface area contributed by atoms with Crippen molar-refractivity contribution in [2.24, 2.45) is 5.92 Å². The van der Waals surface area contributed by atoms with Crippen LogP contribution in [0, 0.1) is 12.8 Å². The number of amides is 2. The summed E-state index contributed by atoms with van der Waals surface area (Å²) in [6.07, 6.45) is 1.74. The zero-order chi connectivity index (χ0) is 26.1. The number of likely N-dealkylation sites (tertiary alicyclic amines) is 1. The lowest BCUT2D eigenvalue weighted by Gasteiger charge is -2.35. The Balaban J connectivity index is 1.25. The van der Waals surface area contributed by atoms with Crippen molar-refractivity contribution in [3.05, 3.63) is 76.4 Å². The number of aromatic nitrogens is 1. The molecule has 8 heteroatoms. The second-order valence-corrected chi connectivity index (χ2v) is 11.4. The van der Waals surface area contributed by atoms with Crippen LogP contribution in [0.4, 0.5) is 0 Å². The van der Waals surface area contributed by atoms with Gasteiger partial charge in [-0.2, -0.15) is 0 Å². The second kappa shape index (κ2) is 10.7. The van der Waals surface area contributed by atoms with Gasteiger partial charge < -0.3 is 15.1 Å². The molecule has 0 saturated carbocycles. The number of rotatable bonds is 7. The SMILES string of the molecule is Cc1ncsc1-c1ccc(CNC(=S)[C@@H]2CCCN2C(=O)C(C(C)C)N2Cc3ccccc3C2=O)cc1. The van der Waals surface area contributed by atoms with E-state index in [9.17, 15) is 9.59 Å². The Morgan fingerprint density at radius 2 is 1.95 bits per heavy atom. The van der Waals surface area contributed by atoms with Gasteiger partial charge in [-0.25, -0.2) is 4.98 Å². The number of aryl methyl sites for hydroxylation is 1. The van der Waals surface area contributed by atoms with Crippen molar-refractivity contribution in [3.8, 4) is 10.4 Å². The van der Waals surface area contributed by atoms with E-state index in [0.29, 0.717) is 30.2 Å². The first kappa shape index (κ1) is 25.5. The van der Waals surface area contributed by atoms with Gasteiger partial charge in [-0.05, 0) is 48.4 Å². The number of carbonyl (C=O) groups excluding carboxylic acids is 2. The topological polar surface area (TPSA) is 65.5 Å². The minimum absolute atomic E-state index is 0.00533. The van der Waals surface area contributed by atoms with Crippen LogP contribution in [0.2, 0.25) is 0 Å². The number of thiazole rings is 1. The summed E-state index contributed by atoms with van der Waals surface area (Å²) in [5, 5.41) is 3.40. The molecular formula is C29H32N4O2S2. The van der Waals surface area contributed by atoms with Crippen LogP contribution in [0.15, 0.2) is 54.0 Å². The number of nitrogens with one attached hydrogen (secondary N) is 1. The molecule has 6 nitrogen and oxygen atoms in total. The normalized spacial score (nSPS) is 17.8. The van der Waals surface area contributed by atoms with E-state index in [0.717, 1.165) is 35.2 Å². The third-order valence-corrected chi connectivity index (χ3v) is 8.73. The van der Waals surface area contributed by atoms with Crippen LogP contribution in [0.5, 0.6) is 0 Å². The highest BCUT2D eigenvalue weighted by molar-refractivity contribution is 7.80. The summed E-state index contributed by atoms with van der Waals surface area (Å²) in [7, 11) is 0. The van der Waals surface area contributed by atoms with Gasteiger partial charge in [0.25, 0.3) is 5.91 Å². The molecular weight excluding hydrogens is 500 g/mol. The van der Waals surface area contributed by atoms with Crippen molar-refractivity contribution in [1.82, 2.24) is 20.1 Å². The lowest BCUT2D eigenvalue weighted by molar-refractivity contribution is -0.137. The van der Waals surface area contributed by atoms with Crippen LogP contribution in [-0.4, -0.2) is 50.2 Å². The summed E-state index contributed by atoms with van der Waals surface area (Å²) in [4.78, 5) is 36.9. The van der Waals surface area contributed by atoms with Gasteiger partial charge in [0.05, 0.1) is 27.1 Å². The van der Waals surface area contributed by atoms with Gasteiger partial charge in [0.2, 0.25) is 5.91 Å². The third-order valence-electron chi connectivity index (χ3n) is 7.34. The van der Waals surface area contributed by atoms with Crippen molar-refractivity contribution >= 4 is 40.4 Å². The quantitative estimate of drug-likeness (QED) is 0.424. The highest BCUT2D eigenvalue weighted by atomic mass is 32.1. The van der Waals surface area contributed by atoms with E-state index >= 15 is 0 Å². The van der Waals surface area contributed by atoms with Crippen molar-refractivity contribution < 1.29 is 9.59 Å². The standard InChI is InChI=1S/C29H32N4O2S2/c1-18(2)25(33-16-22-7-4-5-8-23(22)28(33)34)29(35)32-14-6-9-24(32)27(36)30-15-20-10-12-21(13-11-20)26-19(3)31-17-37-26/h4-5,7-8,10-13,17-18,24-25H,6,9,14-16H2,1-3H3,(H,30,36)/t24-,25?/m0/s1. The van der Waals surface area contributed by atoms with E-state index in [4.69, 9.17) is 12.2 Å². The number of hydrogen-bond acceptors (Lipinski definition) is 5. The Labute approximate surface area is 227 Å². The summed E-state index contributed by atoms with van der Waals surface area (Å²) < 4.78 is 0. The maximum atomic E-state index is 13.9. The fourth-order valence-electron chi connectivity index (χ4n) is 5.41. The Morgan fingerprint density at radius 1 is 1.19 bits per heavy atom. The zero-order valence-corrected chi connectivity index (χ0v) is 23.1. The average Bonchev–Trinajstić information content (AvgIpc) is 3.63. The second-order valence-electron chi connectivity index (χ2n) is 10.2. The fourth-order valence-corrected chi connectivity index (χ4v) is 6.54. The molecule has 2 aliphatic rings. The molecule has 1 fully saturated rings. The van der Waals surface area contributed by atoms with E-state index in [1.807, 2.05) is 55.4 Å².